The molecule has 1 aliphatic heterocycles. The lowest BCUT2D eigenvalue weighted by Crippen LogP contribution is -2.29. The van der Waals surface area contributed by atoms with E-state index >= 15 is 0 Å². The first-order valence-electron chi connectivity index (χ1n) is 11.9. The fraction of sp³-hybridized carbons (Fsp3) is 0.138. The number of carbonyl (C=O) groups is 1. The lowest BCUT2D eigenvalue weighted by atomic mass is 9.92. The van der Waals surface area contributed by atoms with Crippen molar-refractivity contribution in [2.75, 3.05) is 0 Å². The predicted octanol–water partition coefficient (Wildman–Crippen LogP) is 5.04. The minimum absolute atomic E-state index is 0.0684. The van der Waals surface area contributed by atoms with Gasteiger partial charge in [0.25, 0.3) is 0 Å². The maximum Gasteiger partial charge on any atom is 0.210 e. The van der Waals surface area contributed by atoms with Gasteiger partial charge in [-0.15, -0.1) is 5.10 Å². The van der Waals surface area contributed by atoms with Gasteiger partial charge in [0.1, 0.15) is 24.4 Å². The quantitative estimate of drug-likeness (QED) is 0.330. The van der Waals surface area contributed by atoms with Gasteiger partial charge in [-0.05, 0) is 78.4 Å². The van der Waals surface area contributed by atoms with Crippen molar-refractivity contribution in [2.45, 2.75) is 26.1 Å². The second-order valence-electron chi connectivity index (χ2n) is 9.26. The fourth-order valence-corrected chi connectivity index (χ4v) is 4.33. The van der Waals surface area contributed by atoms with Crippen molar-refractivity contribution in [1.82, 2.24) is 25.2 Å². The van der Waals surface area contributed by atoms with E-state index in [-0.39, 0.29) is 5.78 Å². The summed E-state index contributed by atoms with van der Waals surface area (Å²) in [7, 11) is 0. The van der Waals surface area contributed by atoms with Gasteiger partial charge in [0, 0.05) is 10.9 Å². The molecule has 2 aromatic heterocycles. The topological polar surface area (TPSA) is 92.0 Å². The molecule has 0 N–H and O–H groups in total. The smallest absolute Gasteiger partial charge is 0.210 e. The van der Waals surface area contributed by atoms with Crippen LogP contribution >= 0.6 is 0 Å². The van der Waals surface area contributed by atoms with Gasteiger partial charge in [-0.25, -0.2) is 9.67 Å². The summed E-state index contributed by atoms with van der Waals surface area (Å²) >= 11 is 0. The Balaban J connectivity index is 1.25. The summed E-state index contributed by atoms with van der Waals surface area (Å²) in [6.45, 7) is 3.92. The molecule has 0 saturated heterocycles. The molecule has 0 fully saturated rings. The molecule has 37 heavy (non-hydrogen) atoms. The highest BCUT2D eigenvalue weighted by Crippen LogP contribution is 2.41. The van der Waals surface area contributed by atoms with E-state index in [0.717, 1.165) is 33.4 Å². The van der Waals surface area contributed by atoms with E-state index in [4.69, 9.17) is 9.47 Å². The Kier molecular flexibility index (Phi) is 5.49. The standard InChI is InChI=1S/C29H23N5O3/c1-29(2)28(35)26(27(37-29)21-8-13-23(14-9-21)34-18-30-32-33-34)20-10-15-24(16-11-20)36-17-22-12-7-19-5-3-4-6-25(19)31-22/h3-16,18H,17H2,1-2H3. The summed E-state index contributed by atoms with van der Waals surface area (Å²) in [4.78, 5) is 18.0. The first-order valence-corrected chi connectivity index (χ1v) is 11.9. The Morgan fingerprint density at radius 2 is 1.65 bits per heavy atom. The van der Waals surface area contributed by atoms with Crippen LogP contribution in [0.3, 0.4) is 0 Å². The Morgan fingerprint density at radius 3 is 2.41 bits per heavy atom. The zero-order chi connectivity index (χ0) is 25.4. The number of Topliss-reactive ketones (excluding diaryl/α,β-unsaturated/α-hetero) is 1. The number of fused-ring (bicyclic) bond motifs is 1. The lowest BCUT2D eigenvalue weighted by Gasteiger charge is -2.18. The number of para-hydroxylation sites is 1. The number of ketones is 1. The van der Waals surface area contributed by atoms with Crippen molar-refractivity contribution < 1.29 is 14.3 Å². The van der Waals surface area contributed by atoms with E-state index in [1.54, 1.807) is 18.5 Å². The molecule has 0 aliphatic carbocycles. The van der Waals surface area contributed by atoms with E-state index in [1.807, 2.05) is 84.9 Å². The van der Waals surface area contributed by atoms with Gasteiger partial charge in [0.05, 0.1) is 22.5 Å². The molecule has 3 aromatic carbocycles. The molecule has 0 bridgehead atoms. The van der Waals surface area contributed by atoms with Crippen LogP contribution in [0.2, 0.25) is 0 Å². The normalized spacial score (nSPS) is 14.7. The second-order valence-corrected chi connectivity index (χ2v) is 9.26. The average Bonchev–Trinajstić information content (AvgIpc) is 3.55. The third-order valence-electron chi connectivity index (χ3n) is 6.29. The van der Waals surface area contributed by atoms with Crippen LogP contribution in [0.1, 0.15) is 30.7 Å². The van der Waals surface area contributed by atoms with Crippen LogP contribution in [-0.4, -0.2) is 36.6 Å². The SMILES string of the molecule is CC1(C)OC(c2ccc(-n3cnnn3)cc2)=C(c2ccc(OCc3ccc4ccccc4n3)cc2)C1=O. The molecule has 0 amide bonds. The predicted molar refractivity (Wildman–Crippen MR) is 139 cm³/mol. The monoisotopic (exact) mass is 489 g/mol. The highest BCUT2D eigenvalue weighted by molar-refractivity contribution is 6.32. The highest BCUT2D eigenvalue weighted by atomic mass is 16.5. The van der Waals surface area contributed by atoms with Crippen LogP contribution < -0.4 is 4.74 Å². The van der Waals surface area contributed by atoms with Crippen LogP contribution in [0.4, 0.5) is 0 Å². The molecule has 5 aromatic rings. The number of hydrogen-bond acceptors (Lipinski definition) is 7. The van der Waals surface area contributed by atoms with E-state index in [1.165, 1.54) is 6.33 Å². The van der Waals surface area contributed by atoms with Gasteiger partial charge in [0.15, 0.2) is 5.60 Å². The van der Waals surface area contributed by atoms with Crippen molar-refractivity contribution in [2.24, 2.45) is 0 Å². The third-order valence-corrected chi connectivity index (χ3v) is 6.29. The molecule has 182 valence electrons. The summed E-state index contributed by atoms with van der Waals surface area (Å²) in [6.07, 6.45) is 1.53. The molecule has 0 radical (unpaired) electrons. The minimum Gasteiger partial charge on any atom is -0.487 e. The average molecular weight is 490 g/mol. The fourth-order valence-electron chi connectivity index (χ4n) is 4.33. The van der Waals surface area contributed by atoms with Gasteiger partial charge in [-0.3, -0.25) is 4.79 Å². The summed E-state index contributed by atoms with van der Waals surface area (Å²) in [6, 6.07) is 27.1. The maximum atomic E-state index is 13.3. The molecule has 1 aliphatic rings. The van der Waals surface area contributed by atoms with Gasteiger partial charge in [-0.2, -0.15) is 0 Å². The number of aromatic nitrogens is 5. The Morgan fingerprint density at radius 1 is 0.892 bits per heavy atom. The van der Waals surface area contributed by atoms with Crippen molar-refractivity contribution in [1.29, 1.82) is 0 Å². The van der Waals surface area contributed by atoms with E-state index in [9.17, 15) is 4.79 Å². The van der Waals surface area contributed by atoms with E-state index in [0.29, 0.717) is 23.7 Å². The number of rotatable bonds is 6. The molecule has 8 nitrogen and oxygen atoms in total. The minimum atomic E-state index is -0.962. The zero-order valence-electron chi connectivity index (χ0n) is 20.3. The van der Waals surface area contributed by atoms with Crippen LogP contribution in [0.5, 0.6) is 5.75 Å². The summed E-state index contributed by atoms with van der Waals surface area (Å²) < 4.78 is 13.7. The number of benzene rings is 3. The van der Waals surface area contributed by atoms with E-state index in [2.05, 4.69) is 20.5 Å². The van der Waals surface area contributed by atoms with Crippen molar-refractivity contribution in [3.05, 3.63) is 108 Å². The molecular formula is C29H23N5O3. The zero-order valence-corrected chi connectivity index (χ0v) is 20.3. The maximum absolute atomic E-state index is 13.3. The molecular weight excluding hydrogens is 466 g/mol. The molecule has 0 atom stereocenters. The lowest BCUT2D eigenvalue weighted by molar-refractivity contribution is -0.125. The Bertz CT molecular complexity index is 1620. The van der Waals surface area contributed by atoms with Crippen molar-refractivity contribution in [3.63, 3.8) is 0 Å². The number of pyridine rings is 1. The summed E-state index contributed by atoms with van der Waals surface area (Å²) in [5.41, 5.74) is 3.74. The van der Waals surface area contributed by atoms with Crippen molar-refractivity contribution >= 4 is 28.0 Å². The number of hydrogen-bond donors (Lipinski definition) is 0. The first kappa shape index (κ1) is 22.6. The van der Waals surface area contributed by atoms with Gasteiger partial charge >= 0.3 is 0 Å². The van der Waals surface area contributed by atoms with Crippen LogP contribution in [-0.2, 0) is 16.1 Å². The Hall–Kier alpha value is -4.85. The summed E-state index contributed by atoms with van der Waals surface area (Å²) in [5.74, 6) is 1.17. The first-order chi connectivity index (χ1) is 18.0. The van der Waals surface area contributed by atoms with Gasteiger partial charge in [0.2, 0.25) is 5.78 Å². The number of ether oxygens (including phenoxy) is 2. The number of carbonyl (C=O) groups excluding carboxylic acids is 1. The van der Waals surface area contributed by atoms with Crippen molar-refractivity contribution in [3.8, 4) is 11.4 Å². The molecule has 8 heteroatoms. The summed E-state index contributed by atoms with van der Waals surface area (Å²) in [5, 5.41) is 12.3. The molecule has 6 rings (SSSR count). The number of nitrogens with zero attached hydrogens (tertiary/aromatic N) is 5. The largest absolute Gasteiger partial charge is 0.487 e. The molecule has 0 unspecified atom stereocenters. The number of tetrazole rings is 1. The molecule has 3 heterocycles. The molecule has 0 spiro atoms. The third kappa shape index (κ3) is 4.33. The van der Waals surface area contributed by atoms with Gasteiger partial charge < -0.3 is 9.47 Å². The Labute approximate surface area is 213 Å². The van der Waals surface area contributed by atoms with Crippen LogP contribution in [0.15, 0.2) is 91.3 Å². The molecule has 0 saturated carbocycles. The van der Waals surface area contributed by atoms with E-state index < -0.39 is 5.60 Å². The second kappa shape index (κ2) is 8.98. The van der Waals surface area contributed by atoms with Crippen LogP contribution in [0, 0.1) is 0 Å². The highest BCUT2D eigenvalue weighted by Gasteiger charge is 2.42. The van der Waals surface area contributed by atoms with Gasteiger partial charge in [-0.1, -0.05) is 36.4 Å². The van der Waals surface area contributed by atoms with Crippen LogP contribution in [0.25, 0.3) is 27.9 Å².